The van der Waals surface area contributed by atoms with Crippen molar-refractivity contribution in [3.63, 3.8) is 0 Å². The number of H-pyrrole nitrogens is 1. The molecule has 0 atom stereocenters. The van der Waals surface area contributed by atoms with Crippen molar-refractivity contribution < 1.29 is 39.5 Å². The number of nitrogens with one attached hydrogen (secondary N) is 1. The largest absolute Gasteiger partial charge is 0.416 e. The molecule has 4 aromatic heterocycles. The number of halogens is 9. The first kappa shape index (κ1) is 39.2. The molecule has 3 aromatic carbocycles. The highest BCUT2D eigenvalue weighted by Gasteiger charge is 2.32. The van der Waals surface area contributed by atoms with E-state index >= 15 is 0 Å². The van der Waals surface area contributed by atoms with Crippen molar-refractivity contribution in [2.75, 3.05) is 0 Å². The minimum atomic E-state index is -4.48. The van der Waals surface area contributed by atoms with Gasteiger partial charge < -0.3 is 0 Å². The molecule has 0 unspecified atom stereocenters. The Kier molecular flexibility index (Phi) is 10.3. The summed E-state index contributed by atoms with van der Waals surface area (Å²) in [6, 6.07) is 19.1. The minimum absolute atomic E-state index is 0.0818. The molecule has 0 bridgehead atoms. The van der Waals surface area contributed by atoms with Crippen molar-refractivity contribution >= 4 is 0 Å². The summed E-state index contributed by atoms with van der Waals surface area (Å²) in [5.41, 5.74) is 2.43. The van der Waals surface area contributed by atoms with Gasteiger partial charge in [-0.25, -0.2) is 14.0 Å². The molecule has 18 heteroatoms. The van der Waals surface area contributed by atoms with Gasteiger partial charge in [0.25, 0.3) is 5.56 Å². The molecule has 9 nitrogen and oxygen atoms in total. The normalized spacial score (nSPS) is 12.1. The number of nitrogens with zero attached hydrogens (tertiary/aromatic N) is 7. The van der Waals surface area contributed by atoms with Crippen molar-refractivity contribution in [3.8, 4) is 45.1 Å². The Bertz CT molecular complexity index is 2540. The summed E-state index contributed by atoms with van der Waals surface area (Å²) in [6.07, 6.45) is -11.8. The van der Waals surface area contributed by atoms with E-state index < -0.39 is 40.8 Å². The van der Waals surface area contributed by atoms with Gasteiger partial charge in [-0.15, -0.1) is 0 Å². The fourth-order valence-corrected chi connectivity index (χ4v) is 5.63. The third kappa shape index (κ3) is 8.28. The van der Waals surface area contributed by atoms with E-state index in [-0.39, 0.29) is 11.4 Å². The minimum Gasteiger partial charge on any atom is -0.282 e. The van der Waals surface area contributed by atoms with E-state index in [9.17, 15) is 44.3 Å². The van der Waals surface area contributed by atoms with E-state index in [1.807, 2.05) is 6.92 Å². The van der Waals surface area contributed by atoms with Crippen molar-refractivity contribution in [1.82, 2.24) is 39.5 Å². The van der Waals surface area contributed by atoms with Crippen LogP contribution in [0, 0.1) is 20.8 Å². The molecule has 0 amide bonds. The van der Waals surface area contributed by atoms with Crippen LogP contribution in [0.3, 0.4) is 0 Å². The van der Waals surface area contributed by atoms with Gasteiger partial charge in [-0.3, -0.25) is 9.89 Å². The molecule has 0 saturated heterocycles. The van der Waals surface area contributed by atoms with Crippen LogP contribution in [0.25, 0.3) is 45.1 Å². The predicted molar refractivity (Wildman–Crippen MR) is 188 cm³/mol. The van der Waals surface area contributed by atoms with Gasteiger partial charge in [0, 0.05) is 40.8 Å². The number of hydrogen-bond donors (Lipinski definition) is 1. The second-order valence-electron chi connectivity index (χ2n) is 12.6. The molecule has 0 aliphatic heterocycles. The van der Waals surface area contributed by atoms with Gasteiger partial charge in [0.15, 0.2) is 5.69 Å². The van der Waals surface area contributed by atoms with Gasteiger partial charge in [-0.05, 0) is 75.4 Å². The first-order valence-electron chi connectivity index (χ1n) is 16.5. The molecule has 0 fully saturated rings. The topological polar surface area (TPSA) is 99.2 Å². The lowest BCUT2D eigenvalue weighted by atomic mass is 10.1. The second kappa shape index (κ2) is 14.6. The number of rotatable bonds is 5. The van der Waals surface area contributed by atoms with Crippen molar-refractivity contribution in [2.24, 2.45) is 7.05 Å². The monoisotopic (exact) mass is 784 g/mol. The summed E-state index contributed by atoms with van der Waals surface area (Å²) >= 11 is 0. The van der Waals surface area contributed by atoms with Crippen molar-refractivity contribution in [3.05, 3.63) is 141 Å². The summed E-state index contributed by atoms with van der Waals surface area (Å²) in [7, 11) is 1.45. The summed E-state index contributed by atoms with van der Waals surface area (Å²) in [4.78, 5) is 13.3. The maximum Gasteiger partial charge on any atom is 0.416 e. The van der Waals surface area contributed by atoms with Crippen LogP contribution >= 0.6 is 0 Å². The summed E-state index contributed by atoms with van der Waals surface area (Å²) in [5, 5.41) is 19.8. The number of hydrogen-bond acceptors (Lipinski definition) is 5. The van der Waals surface area contributed by atoms with Crippen LogP contribution in [0.4, 0.5) is 39.5 Å². The zero-order valence-corrected chi connectivity index (χ0v) is 29.7. The van der Waals surface area contributed by atoms with Crippen molar-refractivity contribution in [1.29, 1.82) is 0 Å². The number of aryl methyl sites for hydroxylation is 4. The fraction of sp³-hybridized carbons (Fsp3) is 0.184. The Morgan fingerprint density at radius 1 is 0.554 bits per heavy atom. The molecule has 1 N–H and O–H groups in total. The summed E-state index contributed by atoms with van der Waals surface area (Å²) in [6.45, 7) is 5.24. The van der Waals surface area contributed by atoms with E-state index in [1.165, 1.54) is 59.0 Å². The molecule has 0 aliphatic carbocycles. The first-order valence-corrected chi connectivity index (χ1v) is 16.5. The van der Waals surface area contributed by atoms with Gasteiger partial charge >= 0.3 is 18.5 Å². The molecular weight excluding hydrogens is 755 g/mol. The van der Waals surface area contributed by atoms with E-state index in [1.54, 1.807) is 32.0 Å². The predicted octanol–water partition coefficient (Wildman–Crippen LogP) is 9.54. The van der Waals surface area contributed by atoms with Crippen LogP contribution in [-0.2, 0) is 25.6 Å². The maximum atomic E-state index is 13.3. The average molecular weight is 785 g/mol. The summed E-state index contributed by atoms with van der Waals surface area (Å²) in [5.74, 6) is 0. The van der Waals surface area contributed by atoms with E-state index in [2.05, 4.69) is 25.5 Å². The Balaban J connectivity index is 0.000000277. The highest BCUT2D eigenvalue weighted by Crippen LogP contribution is 2.34. The fourth-order valence-electron chi connectivity index (χ4n) is 5.63. The summed E-state index contributed by atoms with van der Waals surface area (Å²) < 4.78 is 119. The van der Waals surface area contributed by atoms with E-state index in [0.717, 1.165) is 46.8 Å². The highest BCUT2D eigenvalue weighted by atomic mass is 19.4. The quantitative estimate of drug-likeness (QED) is 0.175. The molecule has 7 aromatic rings. The van der Waals surface area contributed by atoms with Gasteiger partial charge in [0.05, 0.1) is 40.0 Å². The number of aromatic nitrogens is 8. The standard InChI is InChI=1S/C27H20F6N6O.C11H9F3N2/c1-15-12-21(17-4-8-19(9-5-17)26(28,29)30)35-38(15)23-14-34-37(3)25(40)24(23)39-16(2)13-22(36-39)18-6-10-20(11-7-18)27(31,32)33;1-7-6-10(16-15-7)8-2-4-9(5-3-8)11(12,13)14/h4-14H,1-3H3;2-6H,1H3,(H,15,16). The molecule has 290 valence electrons. The van der Waals surface area contributed by atoms with Crippen LogP contribution < -0.4 is 5.56 Å². The van der Waals surface area contributed by atoms with Crippen LogP contribution in [0.15, 0.2) is 102 Å². The SMILES string of the molecule is Cc1cc(-c2ccc(C(F)(F)F)cc2)n[nH]1.Cc1cc(-c2ccc(C(F)(F)F)cc2)nn1-c1cnn(C)c(=O)c1-n1nc(-c2ccc(C(F)(F)F)cc2)cc1C. The molecule has 0 aliphatic rings. The maximum absolute atomic E-state index is 13.3. The van der Waals surface area contributed by atoms with E-state index in [0.29, 0.717) is 45.2 Å². The van der Waals surface area contributed by atoms with Crippen LogP contribution in [0.5, 0.6) is 0 Å². The lowest BCUT2D eigenvalue weighted by molar-refractivity contribution is -0.138. The second-order valence-corrected chi connectivity index (χ2v) is 12.6. The molecule has 56 heavy (non-hydrogen) atoms. The van der Waals surface area contributed by atoms with Gasteiger partial charge in [0.1, 0.15) is 5.69 Å². The third-order valence-corrected chi connectivity index (χ3v) is 8.54. The van der Waals surface area contributed by atoms with Crippen LogP contribution in [-0.4, -0.2) is 39.5 Å². The number of benzene rings is 3. The van der Waals surface area contributed by atoms with Crippen LogP contribution in [0.2, 0.25) is 0 Å². The first-order chi connectivity index (χ1) is 26.2. The molecule has 7 rings (SSSR count). The van der Waals surface area contributed by atoms with Crippen LogP contribution in [0.1, 0.15) is 33.8 Å². The number of aromatic amines is 1. The van der Waals surface area contributed by atoms with Crippen molar-refractivity contribution in [2.45, 2.75) is 39.3 Å². The number of alkyl halides is 9. The smallest absolute Gasteiger partial charge is 0.282 e. The molecule has 0 spiro atoms. The molecule has 0 radical (unpaired) electrons. The zero-order chi connectivity index (χ0) is 40.7. The lowest BCUT2D eigenvalue weighted by Crippen LogP contribution is -2.27. The average Bonchev–Trinajstić information content (AvgIpc) is 3.86. The molecule has 4 heterocycles. The van der Waals surface area contributed by atoms with Gasteiger partial charge in [-0.1, -0.05) is 36.4 Å². The third-order valence-electron chi connectivity index (χ3n) is 8.54. The highest BCUT2D eigenvalue weighted by molar-refractivity contribution is 5.64. The van der Waals surface area contributed by atoms with E-state index in [4.69, 9.17) is 0 Å². The molecule has 0 saturated carbocycles. The lowest BCUT2D eigenvalue weighted by Gasteiger charge is -2.13. The Morgan fingerprint density at radius 3 is 1.34 bits per heavy atom. The Morgan fingerprint density at radius 2 is 0.946 bits per heavy atom. The van der Waals surface area contributed by atoms with Gasteiger partial charge in [0.2, 0.25) is 0 Å². The molecular formula is C38H29F9N8O. The zero-order valence-electron chi connectivity index (χ0n) is 29.7. The Labute approximate surface area is 311 Å². The Hall–Kier alpha value is -6.46. The van der Waals surface area contributed by atoms with Gasteiger partial charge in [-0.2, -0.15) is 59.9 Å².